The average Bonchev–Trinajstić information content (AvgIpc) is 2.33. The Kier molecular flexibility index (Phi) is 1.40. The molecule has 1 fully saturated rings. The fourth-order valence-electron chi connectivity index (χ4n) is 1.06. The number of ketones is 1. The van der Waals surface area contributed by atoms with Gasteiger partial charge in [0.1, 0.15) is 0 Å². The Labute approximate surface area is 65.5 Å². The molecule has 0 radical (unpaired) electrons. The van der Waals surface area contributed by atoms with Gasteiger partial charge < -0.3 is 0 Å². The van der Waals surface area contributed by atoms with Gasteiger partial charge in [0.2, 0.25) is 0 Å². The first-order valence-corrected chi connectivity index (χ1v) is 5.25. The first-order chi connectivity index (χ1) is 4.86. The van der Waals surface area contributed by atoms with Crippen LogP contribution in [0.4, 0.5) is 0 Å². The molecule has 0 unspecified atom stereocenters. The molecule has 0 amide bonds. The molecule has 1 heterocycles. The van der Waals surface area contributed by atoms with Crippen LogP contribution in [0.3, 0.4) is 0 Å². The van der Waals surface area contributed by atoms with Gasteiger partial charge in [-0.2, -0.15) is 0 Å². The summed E-state index contributed by atoms with van der Waals surface area (Å²) < 4.78 is 1.25. The molecule has 1 N–H and O–H groups in total. The number of hydrogen-bond donors (Lipinski definition) is 1. The van der Waals surface area contributed by atoms with Gasteiger partial charge in [0.15, 0.2) is 0 Å². The van der Waals surface area contributed by atoms with Crippen LogP contribution in [0, 0.1) is 0 Å². The Morgan fingerprint density at radius 3 is 3.40 bits per heavy atom. The summed E-state index contributed by atoms with van der Waals surface area (Å²) in [7, 11) is 0. The molecule has 2 rings (SSSR count). The van der Waals surface area contributed by atoms with Gasteiger partial charge >= 0.3 is 65.0 Å². The van der Waals surface area contributed by atoms with E-state index in [2.05, 4.69) is 5.32 Å². The standard InChI is InChI=1S/C7H7NOSe/c9-5-1-2-6-7(3-5)10-4-8-6/h2-3,8H,1,4H2. The van der Waals surface area contributed by atoms with Gasteiger partial charge in [0.05, 0.1) is 0 Å². The Balaban J connectivity index is 2.35. The number of nitrogens with one attached hydrogen (secondary N) is 1. The van der Waals surface area contributed by atoms with E-state index in [-0.39, 0.29) is 5.78 Å². The van der Waals surface area contributed by atoms with E-state index >= 15 is 0 Å². The van der Waals surface area contributed by atoms with E-state index < -0.39 is 0 Å². The van der Waals surface area contributed by atoms with Crippen LogP contribution >= 0.6 is 0 Å². The summed E-state index contributed by atoms with van der Waals surface area (Å²) in [5.74, 6) is 0.254. The van der Waals surface area contributed by atoms with Crippen LogP contribution < -0.4 is 5.32 Å². The second kappa shape index (κ2) is 2.26. The minimum absolute atomic E-state index is 0.254. The molecule has 1 aliphatic heterocycles. The number of allylic oxidation sites excluding steroid dienone is 3. The molecule has 0 aromatic heterocycles. The maximum atomic E-state index is 10.9. The summed E-state index contributed by atoms with van der Waals surface area (Å²) in [6.07, 6.45) is 4.36. The van der Waals surface area contributed by atoms with Gasteiger partial charge in [0.25, 0.3) is 0 Å². The molecule has 3 heteroatoms. The van der Waals surface area contributed by atoms with Crippen molar-refractivity contribution in [2.45, 2.75) is 6.42 Å². The van der Waals surface area contributed by atoms with E-state index in [1.807, 2.05) is 6.08 Å². The van der Waals surface area contributed by atoms with E-state index in [1.165, 1.54) is 10.2 Å². The van der Waals surface area contributed by atoms with Gasteiger partial charge in [-0.25, -0.2) is 0 Å². The molecule has 0 bridgehead atoms. The van der Waals surface area contributed by atoms with Crippen LogP contribution in [-0.4, -0.2) is 26.2 Å². The van der Waals surface area contributed by atoms with Gasteiger partial charge in [-0.05, 0) is 0 Å². The van der Waals surface area contributed by atoms with E-state index in [1.54, 1.807) is 6.08 Å². The first-order valence-electron chi connectivity index (χ1n) is 3.18. The van der Waals surface area contributed by atoms with Crippen LogP contribution in [0.15, 0.2) is 22.3 Å². The molecule has 0 saturated carbocycles. The maximum absolute atomic E-state index is 10.9. The molecule has 52 valence electrons. The van der Waals surface area contributed by atoms with E-state index in [9.17, 15) is 4.79 Å². The molecule has 0 aromatic carbocycles. The monoisotopic (exact) mass is 201 g/mol. The zero-order valence-corrected chi connectivity index (χ0v) is 7.10. The second-order valence-corrected chi connectivity index (χ2v) is 4.40. The quantitative estimate of drug-likeness (QED) is 0.557. The fraction of sp³-hybridized carbons (Fsp3) is 0.286. The molecule has 2 nitrogen and oxygen atoms in total. The van der Waals surface area contributed by atoms with Crippen molar-refractivity contribution in [3.05, 3.63) is 22.3 Å². The van der Waals surface area contributed by atoms with Crippen molar-refractivity contribution in [1.29, 1.82) is 0 Å². The third kappa shape index (κ3) is 0.916. The molecule has 0 atom stereocenters. The van der Waals surface area contributed by atoms with Crippen LogP contribution in [0.5, 0.6) is 0 Å². The Bertz CT molecular complexity index is 242. The van der Waals surface area contributed by atoms with Crippen molar-refractivity contribution >= 4 is 20.7 Å². The normalized spacial score (nSPS) is 23.0. The molecular weight excluding hydrogens is 193 g/mol. The van der Waals surface area contributed by atoms with E-state index in [4.69, 9.17) is 0 Å². The van der Waals surface area contributed by atoms with Crippen molar-refractivity contribution in [3.8, 4) is 0 Å². The summed E-state index contributed by atoms with van der Waals surface area (Å²) in [4.78, 5) is 10.9. The number of fused-ring (bicyclic) bond motifs is 1. The predicted molar refractivity (Wildman–Crippen MR) is 39.5 cm³/mol. The first kappa shape index (κ1) is 6.20. The Morgan fingerprint density at radius 2 is 2.50 bits per heavy atom. The van der Waals surface area contributed by atoms with Gasteiger partial charge in [-0.1, -0.05) is 0 Å². The molecular formula is C7H7NOSe. The zero-order chi connectivity index (χ0) is 6.97. The molecule has 1 saturated heterocycles. The molecule has 10 heavy (non-hydrogen) atoms. The summed E-state index contributed by atoms with van der Waals surface area (Å²) in [5, 5.41) is 3.25. The number of hydrogen-bond acceptors (Lipinski definition) is 2. The van der Waals surface area contributed by atoms with Gasteiger partial charge in [-0.3, -0.25) is 0 Å². The minimum atomic E-state index is 0.254. The molecule has 2 aliphatic rings. The van der Waals surface area contributed by atoms with Crippen LogP contribution in [0.25, 0.3) is 0 Å². The topological polar surface area (TPSA) is 29.1 Å². The SMILES string of the molecule is O=C1C=C2[Se]CNC2=CC1. The van der Waals surface area contributed by atoms with Crippen molar-refractivity contribution in [2.24, 2.45) is 0 Å². The van der Waals surface area contributed by atoms with Crippen molar-refractivity contribution < 1.29 is 4.79 Å². The average molecular weight is 200 g/mol. The summed E-state index contributed by atoms with van der Waals surface area (Å²) in [6.45, 7) is 0. The summed E-state index contributed by atoms with van der Waals surface area (Å²) in [6, 6.07) is 0. The number of carbonyl (C=O) groups excluding carboxylic acids is 1. The third-order valence-corrected chi connectivity index (χ3v) is 3.52. The second-order valence-electron chi connectivity index (χ2n) is 2.26. The molecule has 1 aliphatic carbocycles. The fourth-order valence-corrected chi connectivity index (χ4v) is 2.96. The van der Waals surface area contributed by atoms with Crippen LogP contribution in [0.1, 0.15) is 6.42 Å². The van der Waals surface area contributed by atoms with Crippen LogP contribution in [-0.2, 0) is 4.79 Å². The predicted octanol–water partition coefficient (Wildman–Crippen LogP) is -0.00810. The van der Waals surface area contributed by atoms with Crippen molar-refractivity contribution in [3.63, 3.8) is 0 Å². The summed E-state index contributed by atoms with van der Waals surface area (Å²) in [5.41, 5.74) is 2.26. The Morgan fingerprint density at radius 1 is 1.60 bits per heavy atom. The summed E-state index contributed by atoms with van der Waals surface area (Å²) >= 11 is 0.502. The van der Waals surface area contributed by atoms with Gasteiger partial charge in [0, 0.05) is 0 Å². The number of carbonyl (C=O) groups is 1. The molecule has 0 spiro atoms. The zero-order valence-electron chi connectivity index (χ0n) is 5.39. The van der Waals surface area contributed by atoms with Gasteiger partial charge in [-0.15, -0.1) is 0 Å². The van der Waals surface area contributed by atoms with Crippen LogP contribution in [0.2, 0.25) is 0 Å². The number of rotatable bonds is 0. The van der Waals surface area contributed by atoms with E-state index in [0.717, 1.165) is 5.44 Å². The van der Waals surface area contributed by atoms with E-state index in [0.29, 0.717) is 21.4 Å². The third-order valence-electron chi connectivity index (χ3n) is 1.56. The molecule has 0 aromatic rings. The van der Waals surface area contributed by atoms with Crippen molar-refractivity contribution in [1.82, 2.24) is 5.32 Å². The van der Waals surface area contributed by atoms with Crippen molar-refractivity contribution in [2.75, 3.05) is 5.44 Å². The Hall–Kier alpha value is -0.531.